The quantitative estimate of drug-likeness (QED) is 0.0379. The molecule has 0 heterocycles. The van der Waals surface area contributed by atoms with Gasteiger partial charge < -0.3 is 45.3 Å². The Morgan fingerprint density at radius 3 is 1.57 bits per heavy atom. The third-order valence-electron chi connectivity index (χ3n) is 9.86. The fourth-order valence-electron chi connectivity index (χ4n) is 6.25. The van der Waals surface area contributed by atoms with Crippen LogP contribution in [0.2, 0.25) is 0 Å². The Hall–Kier alpha value is -3.58. The van der Waals surface area contributed by atoms with E-state index >= 15 is 0 Å². The highest BCUT2D eigenvalue weighted by Crippen LogP contribution is 2.14. The lowest BCUT2D eigenvalue weighted by Crippen LogP contribution is -2.47. The zero-order valence-electron chi connectivity index (χ0n) is 37.1. The van der Waals surface area contributed by atoms with Crippen molar-refractivity contribution in [3.05, 3.63) is 0 Å². The second-order valence-electron chi connectivity index (χ2n) is 15.1. The lowest BCUT2D eigenvalue weighted by atomic mass is 10.0. The smallest absolute Gasteiger partial charge is 0.326 e. The average molecular weight is 853 g/mol. The number of nitrogens with one attached hydrogen (secondary N) is 4. The summed E-state index contributed by atoms with van der Waals surface area (Å²) < 4.78 is 21.7. The van der Waals surface area contributed by atoms with Gasteiger partial charge in [0.2, 0.25) is 23.6 Å². The minimum Gasteiger partial charge on any atom is -0.480 e. The molecule has 5 N–H and O–H groups in total. The molecular weight excluding hydrogens is 773 g/mol. The summed E-state index contributed by atoms with van der Waals surface area (Å²) in [4.78, 5) is 73.2. The number of carbonyl (C=O) groups is 6. The van der Waals surface area contributed by atoms with E-state index in [9.17, 15) is 33.9 Å². The molecule has 346 valence electrons. The number of hydrogen-bond donors (Lipinski definition) is 5. The summed E-state index contributed by atoms with van der Waals surface area (Å²) in [6.07, 6.45) is 24.4. The van der Waals surface area contributed by atoms with Crippen LogP contribution in [0.5, 0.6) is 0 Å². The van der Waals surface area contributed by atoms with Crippen LogP contribution in [0.3, 0.4) is 0 Å². The predicted molar refractivity (Wildman–Crippen MR) is 232 cm³/mol. The van der Waals surface area contributed by atoms with Gasteiger partial charge >= 0.3 is 5.97 Å². The van der Waals surface area contributed by atoms with E-state index in [4.69, 9.17) is 25.4 Å². The third-order valence-corrected chi connectivity index (χ3v) is 9.86. The highest BCUT2D eigenvalue weighted by atomic mass is 16.6. The van der Waals surface area contributed by atoms with E-state index in [-0.39, 0.29) is 81.1 Å². The first kappa shape index (κ1) is 56.4. The van der Waals surface area contributed by atoms with E-state index in [1.54, 1.807) is 7.05 Å². The number of terminal acetylenes is 1. The van der Waals surface area contributed by atoms with Crippen molar-refractivity contribution < 1.29 is 52.8 Å². The number of unbranched alkanes of at least 4 members (excludes halogenated alkanes) is 14. The molecular formula is C45H80N4O11. The van der Waals surface area contributed by atoms with E-state index in [1.807, 2.05) is 0 Å². The molecule has 0 radical (unpaired) electrons. The van der Waals surface area contributed by atoms with Crippen LogP contribution in [-0.2, 0) is 47.7 Å². The Labute approximate surface area is 360 Å². The standard InChI is InChI=1S/C45H80N4O11/c1-4-6-8-9-10-11-12-13-14-15-16-17-21-25-43(53)49-40(45(55)56)27-26-38(50)22-19-18-20-23-39(48-42(52)24-7-5-2)44(54)47-29-31-58-33-35-60-37-36-59-34-32-57-30-28-41(51)46-3/h2,39-40H,4,6-37H2,1,3H3,(H,46,51)(H,47,54)(H,48,52)(H,49,53)(H,55,56)/t39-,40-/m0/s1. The molecule has 0 fully saturated rings. The molecule has 0 aliphatic heterocycles. The van der Waals surface area contributed by atoms with Gasteiger partial charge in [-0.25, -0.2) is 4.79 Å². The van der Waals surface area contributed by atoms with E-state index in [2.05, 4.69) is 34.1 Å². The minimum absolute atomic E-state index is 0.0381. The van der Waals surface area contributed by atoms with Gasteiger partial charge in [-0.05, 0) is 25.7 Å². The van der Waals surface area contributed by atoms with Gasteiger partial charge in [-0.15, -0.1) is 12.3 Å². The van der Waals surface area contributed by atoms with Crippen molar-refractivity contribution in [1.82, 2.24) is 21.3 Å². The molecule has 0 aliphatic carbocycles. The molecule has 4 amide bonds. The first-order valence-electron chi connectivity index (χ1n) is 22.7. The van der Waals surface area contributed by atoms with Gasteiger partial charge in [-0.1, -0.05) is 96.8 Å². The maximum absolute atomic E-state index is 12.9. The molecule has 0 unspecified atom stereocenters. The van der Waals surface area contributed by atoms with Crippen molar-refractivity contribution in [2.45, 2.75) is 173 Å². The highest BCUT2D eigenvalue weighted by molar-refractivity contribution is 5.87. The lowest BCUT2D eigenvalue weighted by Gasteiger charge is -2.18. The average Bonchev–Trinajstić information content (AvgIpc) is 3.23. The number of amides is 4. The number of ketones is 1. The predicted octanol–water partition coefficient (Wildman–Crippen LogP) is 5.55. The summed E-state index contributed by atoms with van der Waals surface area (Å²) in [6, 6.07) is -1.87. The van der Waals surface area contributed by atoms with Crippen molar-refractivity contribution in [2.24, 2.45) is 0 Å². The minimum atomic E-state index is -1.15. The van der Waals surface area contributed by atoms with Crippen LogP contribution in [0.1, 0.15) is 161 Å². The van der Waals surface area contributed by atoms with Gasteiger partial charge in [-0.2, -0.15) is 0 Å². The monoisotopic (exact) mass is 853 g/mol. The highest BCUT2D eigenvalue weighted by Gasteiger charge is 2.22. The molecule has 0 saturated carbocycles. The van der Waals surface area contributed by atoms with E-state index in [1.165, 1.54) is 57.8 Å². The Balaban J connectivity index is 4.21. The van der Waals surface area contributed by atoms with Gasteiger partial charge in [0.1, 0.15) is 17.9 Å². The third kappa shape index (κ3) is 37.4. The van der Waals surface area contributed by atoms with Crippen LogP contribution in [0.25, 0.3) is 0 Å². The van der Waals surface area contributed by atoms with Crippen LogP contribution >= 0.6 is 0 Å². The van der Waals surface area contributed by atoms with Crippen molar-refractivity contribution in [3.8, 4) is 12.3 Å². The number of carbonyl (C=O) groups excluding carboxylic acids is 5. The SMILES string of the molecule is C#CCCC(=O)N[C@@H](CCCCCC(=O)CC[C@H](NC(=O)CCCCCCCCCCCCCCC)C(=O)O)C(=O)NCCOCCOCCOCCOCCC(=O)NC. The summed E-state index contributed by atoms with van der Waals surface area (Å²) in [6.45, 7) is 5.33. The molecule has 15 nitrogen and oxygen atoms in total. The molecule has 0 rings (SSSR count). The number of carboxylic acid groups (broad SMARTS) is 1. The number of carboxylic acids is 1. The summed E-state index contributed by atoms with van der Waals surface area (Å²) in [5.74, 6) is 0.154. The molecule has 0 saturated heterocycles. The van der Waals surface area contributed by atoms with Crippen LogP contribution < -0.4 is 21.3 Å². The van der Waals surface area contributed by atoms with Crippen molar-refractivity contribution in [3.63, 3.8) is 0 Å². The summed E-state index contributed by atoms with van der Waals surface area (Å²) in [5.41, 5.74) is 0. The Bertz CT molecular complexity index is 1180. The fourth-order valence-corrected chi connectivity index (χ4v) is 6.25. The van der Waals surface area contributed by atoms with Crippen LogP contribution in [-0.4, -0.2) is 119 Å². The van der Waals surface area contributed by atoms with Crippen LogP contribution in [0.15, 0.2) is 0 Å². The Morgan fingerprint density at radius 2 is 1.02 bits per heavy atom. The van der Waals surface area contributed by atoms with Gasteiger partial charge in [0.15, 0.2) is 0 Å². The number of Topliss-reactive ketones (excluding diaryl/α,β-unsaturated/α-hetero) is 1. The normalized spacial score (nSPS) is 11.9. The number of rotatable bonds is 44. The summed E-state index contributed by atoms with van der Waals surface area (Å²) >= 11 is 0. The molecule has 0 spiro atoms. The second kappa shape index (κ2) is 42.1. The van der Waals surface area contributed by atoms with Crippen LogP contribution in [0.4, 0.5) is 0 Å². The van der Waals surface area contributed by atoms with Crippen molar-refractivity contribution in [1.29, 1.82) is 0 Å². The second-order valence-corrected chi connectivity index (χ2v) is 15.1. The summed E-state index contributed by atoms with van der Waals surface area (Å²) in [5, 5.41) is 20.3. The van der Waals surface area contributed by atoms with Gasteiger partial charge in [0, 0.05) is 52.1 Å². The first-order valence-corrected chi connectivity index (χ1v) is 22.7. The van der Waals surface area contributed by atoms with E-state index in [0.717, 1.165) is 25.7 Å². The maximum Gasteiger partial charge on any atom is 0.326 e. The first-order chi connectivity index (χ1) is 29.1. The zero-order chi connectivity index (χ0) is 44.3. The lowest BCUT2D eigenvalue weighted by molar-refractivity contribution is -0.142. The molecule has 0 bridgehead atoms. The molecule has 0 aromatic heterocycles. The van der Waals surface area contributed by atoms with Crippen molar-refractivity contribution in [2.75, 3.05) is 66.4 Å². The molecule has 0 aromatic carbocycles. The van der Waals surface area contributed by atoms with Crippen molar-refractivity contribution >= 4 is 35.4 Å². The Morgan fingerprint density at radius 1 is 0.533 bits per heavy atom. The number of aliphatic carboxylic acids is 1. The molecule has 60 heavy (non-hydrogen) atoms. The zero-order valence-corrected chi connectivity index (χ0v) is 37.1. The fraction of sp³-hybridized carbons (Fsp3) is 0.822. The topological polar surface area (TPSA) is 208 Å². The van der Waals surface area contributed by atoms with Gasteiger partial charge in [0.05, 0.1) is 52.9 Å². The summed E-state index contributed by atoms with van der Waals surface area (Å²) in [7, 11) is 1.58. The van der Waals surface area contributed by atoms with E-state index < -0.39 is 18.1 Å². The van der Waals surface area contributed by atoms with Gasteiger partial charge in [0.25, 0.3) is 0 Å². The Kier molecular flexibility index (Phi) is 39.6. The molecule has 15 heteroatoms. The largest absolute Gasteiger partial charge is 0.480 e. The van der Waals surface area contributed by atoms with E-state index in [0.29, 0.717) is 78.4 Å². The molecule has 0 aliphatic rings. The van der Waals surface area contributed by atoms with Gasteiger partial charge in [-0.3, -0.25) is 24.0 Å². The number of hydrogen-bond acceptors (Lipinski definition) is 10. The molecule has 2 atom stereocenters. The maximum atomic E-state index is 12.9. The molecule has 0 aromatic rings. The number of ether oxygens (including phenoxy) is 4. The van der Waals surface area contributed by atoms with Crippen LogP contribution in [0, 0.1) is 12.3 Å².